The zero-order chi connectivity index (χ0) is 20.7. The Balaban J connectivity index is 2.04. The summed E-state index contributed by atoms with van der Waals surface area (Å²) in [5.74, 6) is 0.854. The third-order valence-corrected chi connectivity index (χ3v) is 5.34. The number of hydrogen-bond donors (Lipinski definition) is 0. The van der Waals surface area contributed by atoms with Crippen LogP contribution in [0.4, 0.5) is 0 Å². The number of hydrogen-bond acceptors (Lipinski definition) is 6. The van der Waals surface area contributed by atoms with Gasteiger partial charge in [0.15, 0.2) is 11.5 Å². The molecule has 0 saturated carbocycles. The fourth-order valence-electron chi connectivity index (χ4n) is 3.92. The van der Waals surface area contributed by atoms with Gasteiger partial charge in [0, 0.05) is 30.0 Å². The van der Waals surface area contributed by atoms with E-state index in [-0.39, 0.29) is 12.0 Å². The van der Waals surface area contributed by atoms with Crippen molar-refractivity contribution in [2.75, 3.05) is 21.3 Å². The van der Waals surface area contributed by atoms with E-state index < -0.39 is 11.9 Å². The number of benzene rings is 2. The van der Waals surface area contributed by atoms with Gasteiger partial charge < -0.3 is 23.5 Å². The van der Waals surface area contributed by atoms with Gasteiger partial charge in [-0.1, -0.05) is 12.1 Å². The number of esters is 1. The van der Waals surface area contributed by atoms with Crippen LogP contribution in [0.5, 0.6) is 23.0 Å². The molecule has 1 aromatic heterocycles. The topological polar surface area (TPSA) is 76.0 Å². The SMILES string of the molecule is COc1cc(OC)c([C@@H]2CC(=O)Oc3c2c(=O)n(C)c2ccccc32)cc1OC. The van der Waals surface area contributed by atoms with Crippen molar-refractivity contribution < 1.29 is 23.7 Å². The molecule has 0 bridgehead atoms. The summed E-state index contributed by atoms with van der Waals surface area (Å²) < 4.78 is 23.5. The van der Waals surface area contributed by atoms with Gasteiger partial charge in [-0.3, -0.25) is 9.59 Å². The first-order chi connectivity index (χ1) is 14.0. The lowest BCUT2D eigenvalue weighted by Crippen LogP contribution is -2.31. The molecule has 0 aliphatic carbocycles. The van der Waals surface area contributed by atoms with Crippen LogP contribution in [0.1, 0.15) is 23.5 Å². The number of para-hydroxylation sites is 1. The summed E-state index contributed by atoms with van der Waals surface area (Å²) in [7, 11) is 6.31. The summed E-state index contributed by atoms with van der Waals surface area (Å²) in [6, 6.07) is 10.8. The molecule has 1 aliphatic rings. The highest BCUT2D eigenvalue weighted by molar-refractivity contribution is 5.92. The Morgan fingerprint density at radius 2 is 1.62 bits per heavy atom. The van der Waals surface area contributed by atoms with Crippen LogP contribution in [0.25, 0.3) is 10.9 Å². The Labute approximate surface area is 167 Å². The van der Waals surface area contributed by atoms with Crippen LogP contribution in [0.15, 0.2) is 41.2 Å². The van der Waals surface area contributed by atoms with E-state index in [2.05, 4.69) is 0 Å². The van der Waals surface area contributed by atoms with E-state index in [4.69, 9.17) is 18.9 Å². The summed E-state index contributed by atoms with van der Waals surface area (Å²) in [6.07, 6.45) is 0.0203. The van der Waals surface area contributed by atoms with Crippen molar-refractivity contribution in [2.24, 2.45) is 7.05 Å². The molecule has 0 saturated heterocycles. The molecule has 3 aromatic rings. The highest BCUT2D eigenvalue weighted by Gasteiger charge is 2.35. The van der Waals surface area contributed by atoms with Crippen molar-refractivity contribution in [1.82, 2.24) is 4.57 Å². The number of rotatable bonds is 4. The molecule has 29 heavy (non-hydrogen) atoms. The Bertz CT molecular complexity index is 1180. The zero-order valence-corrected chi connectivity index (χ0v) is 16.6. The van der Waals surface area contributed by atoms with Crippen LogP contribution in [0.2, 0.25) is 0 Å². The minimum Gasteiger partial charge on any atom is -0.496 e. The van der Waals surface area contributed by atoms with E-state index >= 15 is 0 Å². The number of carbonyl (C=O) groups excluding carboxylic acids is 1. The Morgan fingerprint density at radius 1 is 0.966 bits per heavy atom. The number of aromatic nitrogens is 1. The Kier molecular flexibility index (Phi) is 4.66. The predicted molar refractivity (Wildman–Crippen MR) is 107 cm³/mol. The lowest BCUT2D eigenvalue weighted by atomic mass is 9.85. The quantitative estimate of drug-likeness (QED) is 0.632. The van der Waals surface area contributed by atoms with Gasteiger partial charge in [-0.05, 0) is 18.2 Å². The molecule has 0 radical (unpaired) electrons. The van der Waals surface area contributed by atoms with Gasteiger partial charge >= 0.3 is 5.97 Å². The number of pyridine rings is 1. The van der Waals surface area contributed by atoms with Gasteiger partial charge in [0.05, 0.1) is 38.8 Å². The number of methoxy groups -OCH3 is 3. The van der Waals surface area contributed by atoms with E-state index in [0.29, 0.717) is 45.0 Å². The molecule has 150 valence electrons. The maximum Gasteiger partial charge on any atom is 0.312 e. The normalized spacial score (nSPS) is 15.6. The van der Waals surface area contributed by atoms with Crippen LogP contribution in [0.3, 0.4) is 0 Å². The highest BCUT2D eigenvalue weighted by atomic mass is 16.5. The minimum absolute atomic E-state index is 0.0203. The second-order valence-electron chi connectivity index (χ2n) is 6.80. The molecule has 0 spiro atoms. The average molecular weight is 395 g/mol. The third kappa shape index (κ3) is 2.90. The van der Waals surface area contributed by atoms with E-state index in [0.717, 1.165) is 0 Å². The summed E-state index contributed by atoms with van der Waals surface area (Å²) >= 11 is 0. The number of nitrogens with zero attached hydrogens (tertiary/aromatic N) is 1. The van der Waals surface area contributed by atoms with Gasteiger partial charge in [-0.15, -0.1) is 0 Å². The van der Waals surface area contributed by atoms with Gasteiger partial charge in [-0.25, -0.2) is 0 Å². The second kappa shape index (κ2) is 7.16. The number of fused-ring (bicyclic) bond motifs is 3. The van der Waals surface area contributed by atoms with Crippen molar-refractivity contribution in [2.45, 2.75) is 12.3 Å². The van der Waals surface area contributed by atoms with E-state index in [1.165, 1.54) is 21.3 Å². The van der Waals surface area contributed by atoms with Crippen molar-refractivity contribution in [3.8, 4) is 23.0 Å². The summed E-state index contributed by atoms with van der Waals surface area (Å²) in [5.41, 5.74) is 1.57. The van der Waals surface area contributed by atoms with Crippen LogP contribution in [-0.4, -0.2) is 31.9 Å². The molecule has 4 rings (SSSR count). The molecule has 0 unspecified atom stereocenters. The first kappa shape index (κ1) is 18.9. The summed E-state index contributed by atoms with van der Waals surface area (Å²) in [6.45, 7) is 0. The van der Waals surface area contributed by atoms with Gasteiger partial charge in [0.2, 0.25) is 0 Å². The molecule has 2 heterocycles. The highest BCUT2D eigenvalue weighted by Crippen LogP contribution is 2.46. The van der Waals surface area contributed by atoms with Crippen LogP contribution in [0, 0.1) is 0 Å². The lowest BCUT2D eigenvalue weighted by Gasteiger charge is -2.27. The first-order valence-corrected chi connectivity index (χ1v) is 9.12. The molecule has 1 atom stereocenters. The maximum atomic E-state index is 13.3. The molecule has 2 aromatic carbocycles. The molecule has 0 amide bonds. The number of carbonyl (C=O) groups is 1. The fraction of sp³-hybridized carbons (Fsp3) is 0.273. The van der Waals surface area contributed by atoms with Gasteiger partial charge in [-0.2, -0.15) is 0 Å². The largest absolute Gasteiger partial charge is 0.496 e. The second-order valence-corrected chi connectivity index (χ2v) is 6.80. The first-order valence-electron chi connectivity index (χ1n) is 9.12. The molecule has 0 N–H and O–H groups in total. The smallest absolute Gasteiger partial charge is 0.312 e. The molecule has 7 heteroatoms. The summed E-state index contributed by atoms with van der Waals surface area (Å²) in [5, 5.41) is 0.710. The van der Waals surface area contributed by atoms with Crippen LogP contribution >= 0.6 is 0 Å². The van der Waals surface area contributed by atoms with Crippen LogP contribution < -0.4 is 24.5 Å². The van der Waals surface area contributed by atoms with Gasteiger partial charge in [0.25, 0.3) is 5.56 Å². The molecular formula is C22H21NO6. The predicted octanol–water partition coefficient (Wildman–Crippen LogP) is 3.01. The van der Waals surface area contributed by atoms with Crippen molar-refractivity contribution >= 4 is 16.9 Å². The molecule has 0 fully saturated rings. The zero-order valence-electron chi connectivity index (χ0n) is 16.6. The van der Waals surface area contributed by atoms with Gasteiger partial charge in [0.1, 0.15) is 11.5 Å². The Morgan fingerprint density at radius 3 is 2.31 bits per heavy atom. The minimum atomic E-state index is -0.538. The Hall–Kier alpha value is -3.48. The van der Waals surface area contributed by atoms with Crippen molar-refractivity contribution in [3.63, 3.8) is 0 Å². The average Bonchev–Trinajstić information content (AvgIpc) is 2.75. The van der Waals surface area contributed by atoms with Crippen LogP contribution in [-0.2, 0) is 11.8 Å². The standard InChI is InChI=1S/C22H21NO6/c1-23-15-8-6-5-7-12(15)21-20(22(23)25)14(10-19(24)29-21)13-9-17(27-3)18(28-4)11-16(13)26-2/h5-9,11,14H,10H2,1-4H3/t14-/m0/s1. The van der Waals surface area contributed by atoms with E-state index in [9.17, 15) is 9.59 Å². The fourth-order valence-corrected chi connectivity index (χ4v) is 3.92. The lowest BCUT2D eigenvalue weighted by molar-refractivity contribution is -0.135. The number of aryl methyl sites for hydroxylation is 1. The third-order valence-electron chi connectivity index (χ3n) is 5.34. The van der Waals surface area contributed by atoms with Crippen molar-refractivity contribution in [1.29, 1.82) is 0 Å². The molecular weight excluding hydrogens is 374 g/mol. The summed E-state index contributed by atoms with van der Waals surface area (Å²) in [4.78, 5) is 25.8. The van der Waals surface area contributed by atoms with E-state index in [1.54, 1.807) is 23.7 Å². The monoisotopic (exact) mass is 395 g/mol. The van der Waals surface area contributed by atoms with Crippen molar-refractivity contribution in [3.05, 3.63) is 57.9 Å². The van der Waals surface area contributed by atoms with E-state index in [1.807, 2.05) is 24.3 Å². The maximum absolute atomic E-state index is 13.3. The molecule has 1 aliphatic heterocycles. The number of ether oxygens (including phenoxy) is 4. The molecule has 7 nitrogen and oxygen atoms in total.